The molecule has 1 aromatic carbocycles. The molecule has 6 nitrogen and oxygen atoms in total. The van der Waals surface area contributed by atoms with Crippen molar-refractivity contribution in [3.63, 3.8) is 0 Å². The summed E-state index contributed by atoms with van der Waals surface area (Å²) in [5, 5.41) is 13.1. The van der Waals surface area contributed by atoms with Crippen molar-refractivity contribution in [2.45, 2.75) is 75.5 Å². The standard InChI is InChI=1S/C25H33N3O3/c26-16-25(11-12-25)17-27-21-5-3-13-28-22(21)14-30-19-9-7-18(8-10-19)20-4-1-2-6-23(20)31-15-24(28)29/h1-2,4,6,18-19,21-22,27H,3,5,7-15,17H2/t18?,19?,21-,22-/m0/s1. The number of carbonyl (C=O) groups is 1. The van der Waals surface area contributed by atoms with E-state index in [2.05, 4.69) is 23.5 Å². The Morgan fingerprint density at radius 3 is 2.74 bits per heavy atom. The van der Waals surface area contributed by atoms with Crippen LogP contribution in [-0.4, -0.2) is 55.3 Å². The summed E-state index contributed by atoms with van der Waals surface area (Å²) in [7, 11) is 0. The number of carbonyl (C=O) groups excluding carboxylic acids is 1. The molecule has 2 atom stereocenters. The first-order valence-corrected chi connectivity index (χ1v) is 11.9. The number of para-hydroxylation sites is 1. The molecule has 2 saturated carbocycles. The maximum absolute atomic E-state index is 13.2. The Kier molecular flexibility index (Phi) is 5.90. The van der Waals surface area contributed by atoms with Crippen molar-refractivity contribution in [1.82, 2.24) is 10.2 Å². The first-order chi connectivity index (χ1) is 15.2. The van der Waals surface area contributed by atoms with Crippen LogP contribution < -0.4 is 10.1 Å². The van der Waals surface area contributed by atoms with E-state index >= 15 is 0 Å². The molecule has 3 fully saturated rings. The lowest BCUT2D eigenvalue weighted by atomic mass is 9.82. The van der Waals surface area contributed by atoms with Gasteiger partial charge in [0.25, 0.3) is 5.91 Å². The van der Waals surface area contributed by atoms with Crippen LogP contribution in [0.25, 0.3) is 0 Å². The van der Waals surface area contributed by atoms with Gasteiger partial charge >= 0.3 is 0 Å². The highest BCUT2D eigenvalue weighted by Gasteiger charge is 2.44. The van der Waals surface area contributed by atoms with Crippen molar-refractivity contribution in [3.8, 4) is 11.8 Å². The van der Waals surface area contributed by atoms with Gasteiger partial charge in [0.15, 0.2) is 6.61 Å². The molecule has 166 valence electrons. The van der Waals surface area contributed by atoms with E-state index in [1.807, 2.05) is 17.0 Å². The number of hydrogen-bond donors (Lipinski definition) is 1. The van der Waals surface area contributed by atoms with Crippen LogP contribution in [0.3, 0.4) is 0 Å². The van der Waals surface area contributed by atoms with Crippen molar-refractivity contribution < 1.29 is 14.3 Å². The van der Waals surface area contributed by atoms with Gasteiger partial charge in [0.2, 0.25) is 0 Å². The zero-order valence-electron chi connectivity index (χ0n) is 18.2. The van der Waals surface area contributed by atoms with Gasteiger partial charge < -0.3 is 19.7 Å². The third-order valence-electron chi connectivity index (χ3n) is 7.78. The molecule has 31 heavy (non-hydrogen) atoms. The molecule has 0 spiro atoms. The van der Waals surface area contributed by atoms with E-state index in [0.29, 0.717) is 19.1 Å². The van der Waals surface area contributed by atoms with Crippen LogP contribution in [0.15, 0.2) is 24.3 Å². The molecule has 1 aromatic rings. The van der Waals surface area contributed by atoms with Crippen LogP contribution in [0.1, 0.15) is 62.8 Å². The number of fused-ring (bicyclic) bond motifs is 5. The summed E-state index contributed by atoms with van der Waals surface area (Å²) in [6.45, 7) is 2.08. The maximum Gasteiger partial charge on any atom is 0.260 e. The fourth-order valence-corrected chi connectivity index (χ4v) is 5.56. The van der Waals surface area contributed by atoms with E-state index in [4.69, 9.17) is 9.47 Å². The molecule has 3 aliphatic heterocycles. The van der Waals surface area contributed by atoms with E-state index in [1.165, 1.54) is 5.56 Å². The molecule has 6 heteroatoms. The van der Waals surface area contributed by atoms with E-state index in [-0.39, 0.29) is 36.1 Å². The second-order valence-electron chi connectivity index (χ2n) is 9.81. The molecule has 1 N–H and O–H groups in total. The minimum absolute atomic E-state index is 0.00642. The van der Waals surface area contributed by atoms with Gasteiger partial charge in [-0.05, 0) is 68.9 Å². The highest BCUT2D eigenvalue weighted by molar-refractivity contribution is 5.78. The lowest BCUT2D eigenvalue weighted by Crippen LogP contribution is -2.59. The Hall–Kier alpha value is -2.10. The third-order valence-corrected chi connectivity index (χ3v) is 7.78. The Balaban J connectivity index is 1.36. The average molecular weight is 424 g/mol. The summed E-state index contributed by atoms with van der Waals surface area (Å²) in [6.07, 6.45) is 8.48. The minimum atomic E-state index is -0.193. The summed E-state index contributed by atoms with van der Waals surface area (Å²) in [5.41, 5.74) is 1.04. The SMILES string of the molecule is N#CC1(CN[C@H]2CCCN3C(=O)COc4ccccc4C4CCC(CC4)OC[C@@H]23)CC1. The van der Waals surface area contributed by atoms with E-state index in [0.717, 1.165) is 63.7 Å². The van der Waals surface area contributed by atoms with Gasteiger partial charge in [-0.25, -0.2) is 0 Å². The van der Waals surface area contributed by atoms with Crippen LogP contribution >= 0.6 is 0 Å². The number of rotatable bonds is 3. The molecule has 5 aliphatic rings. The van der Waals surface area contributed by atoms with E-state index in [1.54, 1.807) is 0 Å². The number of amides is 1. The fourth-order valence-electron chi connectivity index (χ4n) is 5.56. The normalized spacial score (nSPS) is 32.4. The summed E-state index contributed by atoms with van der Waals surface area (Å²) in [6, 6.07) is 10.8. The van der Waals surface area contributed by atoms with Crippen LogP contribution in [-0.2, 0) is 9.53 Å². The molecular formula is C25H33N3O3. The quantitative estimate of drug-likeness (QED) is 0.807. The summed E-state index contributed by atoms with van der Waals surface area (Å²) >= 11 is 0. The van der Waals surface area contributed by atoms with Gasteiger partial charge in [0.1, 0.15) is 5.75 Å². The highest BCUT2D eigenvalue weighted by Crippen LogP contribution is 2.44. The second-order valence-corrected chi connectivity index (χ2v) is 9.81. The fraction of sp³-hybridized carbons (Fsp3) is 0.680. The molecule has 1 amide bonds. The summed E-state index contributed by atoms with van der Waals surface area (Å²) < 4.78 is 12.5. The molecule has 0 aromatic heterocycles. The number of hydrogen-bond acceptors (Lipinski definition) is 5. The Bertz CT molecular complexity index is 839. The first kappa shape index (κ1) is 20.8. The maximum atomic E-state index is 13.2. The van der Waals surface area contributed by atoms with E-state index in [9.17, 15) is 10.1 Å². The van der Waals surface area contributed by atoms with Gasteiger partial charge in [-0.2, -0.15) is 5.26 Å². The number of nitriles is 1. The topological polar surface area (TPSA) is 74.6 Å². The second kappa shape index (κ2) is 8.80. The number of ether oxygens (including phenoxy) is 2. The Labute approximate surface area is 184 Å². The minimum Gasteiger partial charge on any atom is -0.483 e. The Morgan fingerprint density at radius 1 is 1.16 bits per heavy atom. The molecular weight excluding hydrogens is 390 g/mol. The predicted molar refractivity (Wildman–Crippen MR) is 117 cm³/mol. The lowest BCUT2D eigenvalue weighted by Gasteiger charge is -2.42. The van der Waals surface area contributed by atoms with Crippen molar-refractivity contribution in [2.75, 3.05) is 26.3 Å². The molecule has 2 bridgehead atoms. The van der Waals surface area contributed by atoms with Crippen LogP contribution in [0.2, 0.25) is 0 Å². The van der Waals surface area contributed by atoms with Gasteiger partial charge in [-0.3, -0.25) is 4.79 Å². The number of nitrogens with one attached hydrogen (secondary N) is 1. The molecule has 1 saturated heterocycles. The summed E-state index contributed by atoms with van der Waals surface area (Å²) in [5.74, 6) is 1.36. The van der Waals surface area contributed by atoms with Gasteiger partial charge in [0.05, 0.1) is 30.2 Å². The van der Waals surface area contributed by atoms with Crippen molar-refractivity contribution in [3.05, 3.63) is 29.8 Å². The largest absolute Gasteiger partial charge is 0.483 e. The molecule has 0 radical (unpaired) electrons. The van der Waals surface area contributed by atoms with Crippen LogP contribution in [0, 0.1) is 16.7 Å². The predicted octanol–water partition coefficient (Wildman–Crippen LogP) is 3.37. The molecule has 3 heterocycles. The van der Waals surface area contributed by atoms with Gasteiger partial charge in [-0.1, -0.05) is 18.2 Å². The van der Waals surface area contributed by atoms with Crippen LogP contribution in [0.5, 0.6) is 5.75 Å². The number of benzene rings is 1. The zero-order chi connectivity index (χ0) is 21.3. The van der Waals surface area contributed by atoms with Crippen molar-refractivity contribution in [2.24, 2.45) is 5.41 Å². The summed E-state index contributed by atoms with van der Waals surface area (Å²) in [4.78, 5) is 15.2. The molecule has 0 unspecified atom stereocenters. The first-order valence-electron chi connectivity index (χ1n) is 11.9. The lowest BCUT2D eigenvalue weighted by molar-refractivity contribution is -0.140. The van der Waals surface area contributed by atoms with Gasteiger partial charge in [-0.15, -0.1) is 0 Å². The average Bonchev–Trinajstić information content (AvgIpc) is 3.60. The molecule has 2 aliphatic carbocycles. The number of piperidine rings is 1. The van der Waals surface area contributed by atoms with Crippen LogP contribution in [0.4, 0.5) is 0 Å². The highest BCUT2D eigenvalue weighted by atomic mass is 16.5. The third kappa shape index (κ3) is 4.44. The van der Waals surface area contributed by atoms with Crippen molar-refractivity contribution >= 4 is 5.91 Å². The van der Waals surface area contributed by atoms with Crippen molar-refractivity contribution in [1.29, 1.82) is 5.26 Å². The van der Waals surface area contributed by atoms with E-state index < -0.39 is 0 Å². The smallest absolute Gasteiger partial charge is 0.260 e. The zero-order valence-corrected chi connectivity index (χ0v) is 18.2. The van der Waals surface area contributed by atoms with Gasteiger partial charge in [0, 0.05) is 19.1 Å². The monoisotopic (exact) mass is 423 g/mol. The molecule has 6 rings (SSSR count). The number of nitrogens with zero attached hydrogens (tertiary/aromatic N) is 2. The Morgan fingerprint density at radius 2 is 1.97 bits per heavy atom.